The smallest absolute Gasteiger partial charge is 0.312 e. The lowest BCUT2D eigenvalue weighted by atomic mass is 10.1. The number of nitro groups is 1. The average Bonchev–Trinajstić information content (AvgIpc) is 3.28. The molecule has 0 saturated heterocycles. The Morgan fingerprint density at radius 3 is 2.59 bits per heavy atom. The predicted octanol–water partition coefficient (Wildman–Crippen LogP) is 3.45. The van der Waals surface area contributed by atoms with Gasteiger partial charge in [-0.2, -0.15) is 5.10 Å². The Bertz CT molecular complexity index is 1290. The number of carbonyl (C=O) groups is 1. The number of carbonyl (C=O) groups excluding carboxylic acids is 1. The summed E-state index contributed by atoms with van der Waals surface area (Å²) in [5.74, 6) is -0.744. The van der Waals surface area contributed by atoms with E-state index in [0.717, 1.165) is 16.6 Å². The summed E-state index contributed by atoms with van der Waals surface area (Å²) in [6.07, 6.45) is 1.69. The number of nitrogens with one attached hydrogen (secondary N) is 1. The standard InChI is InChI=1S/C22H21FN6O3/c1-14-22(29(31)32)15(2)28(26-14)12-21(30)25-19(16-7-9-17(23)10-8-16)11-27-13-24-18-5-3-4-6-20(18)27/h3-10,13,19H,11-12H2,1-2H3,(H,25,30). The van der Waals surface area contributed by atoms with Crippen molar-refractivity contribution >= 4 is 22.6 Å². The van der Waals surface area contributed by atoms with Crippen molar-refractivity contribution in [3.8, 4) is 0 Å². The predicted molar refractivity (Wildman–Crippen MR) is 115 cm³/mol. The molecule has 0 fully saturated rings. The summed E-state index contributed by atoms with van der Waals surface area (Å²) in [5, 5.41) is 18.3. The first kappa shape index (κ1) is 21.2. The van der Waals surface area contributed by atoms with Crippen LogP contribution in [-0.2, 0) is 17.9 Å². The molecule has 1 amide bonds. The highest BCUT2D eigenvalue weighted by atomic mass is 19.1. The lowest BCUT2D eigenvalue weighted by Gasteiger charge is -2.20. The lowest BCUT2D eigenvalue weighted by Crippen LogP contribution is -2.34. The van der Waals surface area contributed by atoms with Crippen LogP contribution in [0.4, 0.5) is 10.1 Å². The molecule has 0 aliphatic carbocycles. The van der Waals surface area contributed by atoms with Gasteiger partial charge in [-0.3, -0.25) is 19.6 Å². The van der Waals surface area contributed by atoms with Gasteiger partial charge in [0.2, 0.25) is 5.91 Å². The maximum Gasteiger partial charge on any atom is 0.312 e. The fourth-order valence-corrected chi connectivity index (χ4v) is 3.76. The van der Waals surface area contributed by atoms with Crippen molar-refractivity contribution in [3.63, 3.8) is 0 Å². The van der Waals surface area contributed by atoms with Gasteiger partial charge in [0.05, 0.1) is 28.3 Å². The highest BCUT2D eigenvalue weighted by Crippen LogP contribution is 2.23. The number of aryl methyl sites for hydroxylation is 1. The number of hydrogen-bond acceptors (Lipinski definition) is 5. The van der Waals surface area contributed by atoms with E-state index in [-0.39, 0.29) is 29.7 Å². The number of amides is 1. The molecular weight excluding hydrogens is 415 g/mol. The summed E-state index contributed by atoms with van der Waals surface area (Å²) < 4.78 is 16.7. The lowest BCUT2D eigenvalue weighted by molar-refractivity contribution is -0.386. The Balaban J connectivity index is 1.59. The van der Waals surface area contributed by atoms with Gasteiger partial charge in [-0.25, -0.2) is 9.37 Å². The molecule has 0 aliphatic rings. The molecule has 1 unspecified atom stereocenters. The van der Waals surface area contributed by atoms with Gasteiger partial charge >= 0.3 is 5.69 Å². The van der Waals surface area contributed by atoms with Gasteiger partial charge in [-0.1, -0.05) is 24.3 Å². The number of aromatic nitrogens is 4. The molecule has 0 spiro atoms. The minimum absolute atomic E-state index is 0.0993. The number of rotatable bonds is 7. The molecule has 2 aromatic heterocycles. The van der Waals surface area contributed by atoms with Gasteiger partial charge in [0, 0.05) is 6.54 Å². The molecule has 32 heavy (non-hydrogen) atoms. The molecule has 1 N–H and O–H groups in total. The van der Waals surface area contributed by atoms with E-state index in [1.54, 1.807) is 25.4 Å². The van der Waals surface area contributed by atoms with Crippen LogP contribution in [0.15, 0.2) is 54.9 Å². The second-order valence-electron chi connectivity index (χ2n) is 7.49. The van der Waals surface area contributed by atoms with Gasteiger partial charge in [-0.05, 0) is 43.7 Å². The number of para-hydroxylation sites is 2. The van der Waals surface area contributed by atoms with Crippen LogP contribution in [0.1, 0.15) is 23.0 Å². The zero-order chi connectivity index (χ0) is 22.8. The topological polar surface area (TPSA) is 108 Å². The van der Waals surface area contributed by atoms with E-state index in [1.807, 2.05) is 28.8 Å². The molecular formula is C22H21FN6O3. The fraction of sp³-hybridized carbons (Fsp3) is 0.227. The van der Waals surface area contributed by atoms with E-state index in [0.29, 0.717) is 12.2 Å². The summed E-state index contributed by atoms with van der Waals surface area (Å²) in [4.78, 5) is 28.0. The molecule has 2 aromatic carbocycles. The van der Waals surface area contributed by atoms with E-state index in [1.165, 1.54) is 23.7 Å². The van der Waals surface area contributed by atoms with Gasteiger partial charge in [0.25, 0.3) is 0 Å². The van der Waals surface area contributed by atoms with Crippen molar-refractivity contribution in [1.29, 1.82) is 0 Å². The molecule has 0 aliphatic heterocycles. The molecule has 0 saturated carbocycles. The van der Waals surface area contributed by atoms with E-state index in [2.05, 4.69) is 15.4 Å². The first-order chi connectivity index (χ1) is 15.3. The molecule has 0 bridgehead atoms. The van der Waals surface area contributed by atoms with Gasteiger partial charge in [-0.15, -0.1) is 0 Å². The Morgan fingerprint density at radius 2 is 1.91 bits per heavy atom. The van der Waals surface area contributed by atoms with Crippen LogP contribution in [0.2, 0.25) is 0 Å². The van der Waals surface area contributed by atoms with Crippen molar-refractivity contribution in [2.45, 2.75) is 33.0 Å². The monoisotopic (exact) mass is 436 g/mol. The highest BCUT2D eigenvalue weighted by molar-refractivity contribution is 5.77. The van der Waals surface area contributed by atoms with E-state index < -0.39 is 11.0 Å². The summed E-state index contributed by atoms with van der Waals surface area (Å²) in [6, 6.07) is 13.1. The maximum atomic E-state index is 13.5. The second-order valence-corrected chi connectivity index (χ2v) is 7.49. The van der Waals surface area contributed by atoms with Gasteiger partial charge < -0.3 is 9.88 Å². The first-order valence-corrected chi connectivity index (χ1v) is 9.96. The molecule has 9 nitrogen and oxygen atoms in total. The van der Waals surface area contributed by atoms with Crippen molar-refractivity contribution in [3.05, 3.63) is 87.7 Å². The van der Waals surface area contributed by atoms with Crippen LogP contribution in [0.3, 0.4) is 0 Å². The van der Waals surface area contributed by atoms with Crippen molar-refractivity contribution in [2.24, 2.45) is 0 Å². The van der Waals surface area contributed by atoms with Gasteiger partial charge in [0.1, 0.15) is 23.7 Å². The third kappa shape index (κ3) is 4.20. The van der Waals surface area contributed by atoms with Crippen molar-refractivity contribution < 1.29 is 14.1 Å². The molecule has 4 aromatic rings. The number of nitrogens with zero attached hydrogens (tertiary/aromatic N) is 5. The van der Waals surface area contributed by atoms with E-state index >= 15 is 0 Å². The number of imidazole rings is 1. The molecule has 164 valence electrons. The van der Waals surface area contributed by atoms with Crippen LogP contribution in [-0.4, -0.2) is 30.2 Å². The third-order valence-corrected chi connectivity index (χ3v) is 5.33. The second kappa shape index (κ2) is 8.58. The summed E-state index contributed by atoms with van der Waals surface area (Å²) in [6.45, 7) is 3.28. The van der Waals surface area contributed by atoms with E-state index in [9.17, 15) is 19.3 Å². The van der Waals surface area contributed by atoms with Crippen molar-refractivity contribution in [2.75, 3.05) is 0 Å². The molecule has 2 heterocycles. The largest absolute Gasteiger partial charge is 0.346 e. The Labute approximate surface area is 182 Å². The van der Waals surface area contributed by atoms with Crippen LogP contribution in [0.5, 0.6) is 0 Å². The maximum absolute atomic E-state index is 13.5. The number of hydrogen-bond donors (Lipinski definition) is 1. The minimum Gasteiger partial charge on any atom is -0.346 e. The quantitative estimate of drug-likeness (QED) is 0.353. The van der Waals surface area contributed by atoms with E-state index in [4.69, 9.17) is 0 Å². The highest BCUT2D eigenvalue weighted by Gasteiger charge is 2.24. The summed E-state index contributed by atoms with van der Waals surface area (Å²) in [7, 11) is 0. The zero-order valence-corrected chi connectivity index (χ0v) is 17.5. The number of halogens is 1. The van der Waals surface area contributed by atoms with Crippen LogP contribution < -0.4 is 5.32 Å². The molecule has 1 atom stereocenters. The normalized spacial score (nSPS) is 12.1. The first-order valence-electron chi connectivity index (χ1n) is 9.96. The van der Waals surface area contributed by atoms with Gasteiger partial charge in [0.15, 0.2) is 0 Å². The van der Waals surface area contributed by atoms with Crippen LogP contribution in [0, 0.1) is 29.8 Å². The third-order valence-electron chi connectivity index (χ3n) is 5.33. The molecule has 0 radical (unpaired) electrons. The SMILES string of the molecule is Cc1nn(CC(=O)NC(Cn2cnc3ccccc32)c2ccc(F)cc2)c(C)c1[N+](=O)[O-]. The van der Waals surface area contributed by atoms with Crippen LogP contribution >= 0.6 is 0 Å². The minimum atomic E-state index is -0.502. The Hall–Kier alpha value is -4.08. The number of benzene rings is 2. The summed E-state index contributed by atoms with van der Waals surface area (Å²) >= 11 is 0. The molecule has 10 heteroatoms. The Morgan fingerprint density at radius 1 is 1.19 bits per heavy atom. The average molecular weight is 436 g/mol. The Kier molecular flexibility index (Phi) is 5.67. The number of fused-ring (bicyclic) bond motifs is 1. The fourth-order valence-electron chi connectivity index (χ4n) is 3.76. The zero-order valence-electron chi connectivity index (χ0n) is 17.5. The van der Waals surface area contributed by atoms with Crippen LogP contribution in [0.25, 0.3) is 11.0 Å². The van der Waals surface area contributed by atoms with Crippen molar-refractivity contribution in [1.82, 2.24) is 24.6 Å². The molecule has 4 rings (SSSR count). The summed E-state index contributed by atoms with van der Waals surface area (Å²) in [5.41, 5.74) is 2.91.